The Hall–Kier alpha value is -0.950. The zero-order valence-corrected chi connectivity index (χ0v) is 12.0. The van der Waals surface area contributed by atoms with E-state index in [4.69, 9.17) is 9.47 Å². The van der Waals surface area contributed by atoms with E-state index in [1.54, 1.807) is 0 Å². The summed E-state index contributed by atoms with van der Waals surface area (Å²) < 4.78 is 12.6. The summed E-state index contributed by atoms with van der Waals surface area (Å²) in [6.45, 7) is 0.769. The van der Waals surface area contributed by atoms with Crippen molar-refractivity contribution in [1.29, 1.82) is 0 Å². The molecule has 94 valence electrons. The maximum atomic E-state index is 5.85. The largest absolute Gasteiger partial charge is 0.447 e. The van der Waals surface area contributed by atoms with Gasteiger partial charge in [-0.2, -0.15) is 0 Å². The number of benzene rings is 1. The number of fused-ring (bicyclic) bond motifs is 1. The fraction of sp³-hybridized carbons (Fsp3) is 0.385. The van der Waals surface area contributed by atoms with Gasteiger partial charge in [0.05, 0.1) is 17.5 Å². The molecular weight excluding hydrogens is 343 g/mol. The molecule has 1 aromatic heterocycles. The van der Waals surface area contributed by atoms with Crippen molar-refractivity contribution in [2.45, 2.75) is 25.6 Å². The second-order valence-corrected chi connectivity index (χ2v) is 5.50. The Morgan fingerprint density at radius 2 is 2.22 bits per heavy atom. The van der Waals surface area contributed by atoms with Crippen LogP contribution in [-0.2, 0) is 4.74 Å². The topological polar surface area (TPSA) is 44.2 Å². The van der Waals surface area contributed by atoms with Gasteiger partial charge in [-0.05, 0) is 53.6 Å². The standard InChI is InChI=1S/C13H13IN2O2/c14-9-4-5-11-10(7-9)13(16-8-15-11)18-12-3-1-2-6-17-12/h4-5,7-8,12H,1-3,6H2. The highest BCUT2D eigenvalue weighted by Gasteiger charge is 2.17. The molecule has 2 heterocycles. The molecule has 3 rings (SSSR count). The van der Waals surface area contributed by atoms with Crippen molar-refractivity contribution in [2.75, 3.05) is 6.61 Å². The van der Waals surface area contributed by atoms with Crippen molar-refractivity contribution in [1.82, 2.24) is 9.97 Å². The summed E-state index contributed by atoms with van der Waals surface area (Å²) >= 11 is 2.27. The zero-order chi connectivity index (χ0) is 12.4. The van der Waals surface area contributed by atoms with Gasteiger partial charge in [-0.1, -0.05) is 0 Å². The van der Waals surface area contributed by atoms with Gasteiger partial charge in [0.2, 0.25) is 12.2 Å². The minimum absolute atomic E-state index is 0.172. The smallest absolute Gasteiger partial charge is 0.226 e. The minimum atomic E-state index is -0.172. The van der Waals surface area contributed by atoms with Gasteiger partial charge < -0.3 is 9.47 Å². The van der Waals surface area contributed by atoms with Gasteiger partial charge in [0.25, 0.3) is 0 Å². The van der Waals surface area contributed by atoms with E-state index in [0.29, 0.717) is 5.88 Å². The Bertz CT molecular complexity index is 556. The highest BCUT2D eigenvalue weighted by atomic mass is 127. The van der Waals surface area contributed by atoms with Gasteiger partial charge in [0.15, 0.2) is 0 Å². The Balaban J connectivity index is 1.92. The number of nitrogens with zero attached hydrogens (tertiary/aromatic N) is 2. The normalized spacial score (nSPS) is 19.9. The summed E-state index contributed by atoms with van der Waals surface area (Å²) in [5.41, 5.74) is 0.899. The van der Waals surface area contributed by atoms with Crippen LogP contribution in [0.4, 0.5) is 0 Å². The molecule has 0 spiro atoms. The summed E-state index contributed by atoms with van der Waals surface area (Å²) in [7, 11) is 0. The number of aromatic nitrogens is 2. The van der Waals surface area contributed by atoms with Crippen LogP contribution in [0.2, 0.25) is 0 Å². The second-order valence-electron chi connectivity index (χ2n) is 4.25. The Morgan fingerprint density at radius 3 is 3.06 bits per heavy atom. The van der Waals surface area contributed by atoms with E-state index < -0.39 is 0 Å². The molecule has 0 saturated carbocycles. The van der Waals surface area contributed by atoms with Crippen LogP contribution in [0.25, 0.3) is 10.9 Å². The van der Waals surface area contributed by atoms with Crippen LogP contribution < -0.4 is 4.74 Å². The van der Waals surface area contributed by atoms with E-state index in [0.717, 1.165) is 40.3 Å². The van der Waals surface area contributed by atoms with Crippen LogP contribution in [0.5, 0.6) is 5.88 Å². The Kier molecular flexibility index (Phi) is 3.60. The molecule has 0 bridgehead atoms. The monoisotopic (exact) mass is 356 g/mol. The number of hydrogen-bond donors (Lipinski definition) is 0. The predicted octanol–water partition coefficient (Wildman–Crippen LogP) is 3.14. The first kappa shape index (κ1) is 12.1. The molecule has 1 saturated heterocycles. The van der Waals surface area contributed by atoms with E-state index in [2.05, 4.69) is 32.6 Å². The molecule has 1 aliphatic heterocycles. The lowest BCUT2D eigenvalue weighted by Gasteiger charge is -2.23. The third kappa shape index (κ3) is 2.56. The molecule has 1 aromatic carbocycles. The minimum Gasteiger partial charge on any atom is -0.447 e. The van der Waals surface area contributed by atoms with E-state index in [1.807, 2.05) is 18.2 Å². The first-order valence-corrected chi connectivity index (χ1v) is 7.09. The van der Waals surface area contributed by atoms with Crippen molar-refractivity contribution in [3.63, 3.8) is 0 Å². The van der Waals surface area contributed by atoms with Crippen LogP contribution >= 0.6 is 22.6 Å². The van der Waals surface area contributed by atoms with Gasteiger partial charge in [-0.3, -0.25) is 0 Å². The van der Waals surface area contributed by atoms with E-state index in [-0.39, 0.29) is 6.29 Å². The molecule has 2 aromatic rings. The second kappa shape index (κ2) is 5.36. The zero-order valence-electron chi connectivity index (χ0n) is 9.80. The van der Waals surface area contributed by atoms with Gasteiger partial charge in [-0.15, -0.1) is 0 Å². The first-order valence-electron chi connectivity index (χ1n) is 6.01. The Labute approximate surface area is 119 Å². The molecule has 0 radical (unpaired) electrons. The van der Waals surface area contributed by atoms with Gasteiger partial charge in [0.1, 0.15) is 6.33 Å². The van der Waals surface area contributed by atoms with Crippen molar-refractivity contribution in [3.05, 3.63) is 28.1 Å². The van der Waals surface area contributed by atoms with Gasteiger partial charge >= 0.3 is 0 Å². The Morgan fingerprint density at radius 1 is 1.28 bits per heavy atom. The molecule has 1 atom stereocenters. The SMILES string of the molecule is Ic1ccc2ncnc(OC3CCCCO3)c2c1. The first-order chi connectivity index (χ1) is 8.83. The lowest BCUT2D eigenvalue weighted by molar-refractivity contribution is -0.107. The fourth-order valence-corrected chi connectivity index (χ4v) is 2.52. The van der Waals surface area contributed by atoms with Crippen molar-refractivity contribution >= 4 is 33.5 Å². The van der Waals surface area contributed by atoms with Crippen molar-refractivity contribution in [3.8, 4) is 5.88 Å². The lowest BCUT2D eigenvalue weighted by atomic mass is 10.2. The van der Waals surface area contributed by atoms with Crippen LogP contribution in [0, 0.1) is 3.57 Å². The molecule has 0 N–H and O–H groups in total. The number of rotatable bonds is 2. The third-order valence-electron chi connectivity index (χ3n) is 2.94. The molecule has 0 aliphatic carbocycles. The maximum absolute atomic E-state index is 5.85. The predicted molar refractivity (Wildman–Crippen MR) is 76.5 cm³/mol. The number of halogens is 1. The number of ether oxygens (including phenoxy) is 2. The highest BCUT2D eigenvalue weighted by Crippen LogP contribution is 2.26. The number of hydrogen-bond acceptors (Lipinski definition) is 4. The average Bonchev–Trinajstić information content (AvgIpc) is 2.41. The van der Waals surface area contributed by atoms with E-state index in [9.17, 15) is 0 Å². The summed E-state index contributed by atoms with van der Waals surface area (Å²) in [5.74, 6) is 0.616. The fourth-order valence-electron chi connectivity index (χ4n) is 2.03. The summed E-state index contributed by atoms with van der Waals surface area (Å²) in [6.07, 6.45) is 4.55. The lowest BCUT2D eigenvalue weighted by Crippen LogP contribution is -2.25. The molecule has 1 fully saturated rings. The summed E-state index contributed by atoms with van der Waals surface area (Å²) in [5, 5.41) is 0.943. The maximum Gasteiger partial charge on any atom is 0.226 e. The van der Waals surface area contributed by atoms with Crippen LogP contribution in [0.3, 0.4) is 0 Å². The average molecular weight is 356 g/mol. The molecule has 4 nitrogen and oxygen atoms in total. The molecule has 0 amide bonds. The summed E-state index contributed by atoms with van der Waals surface area (Å²) in [4.78, 5) is 8.47. The van der Waals surface area contributed by atoms with Crippen LogP contribution in [-0.4, -0.2) is 22.9 Å². The van der Waals surface area contributed by atoms with Gasteiger partial charge in [0, 0.05) is 9.99 Å². The molecule has 1 unspecified atom stereocenters. The van der Waals surface area contributed by atoms with Crippen molar-refractivity contribution < 1.29 is 9.47 Å². The van der Waals surface area contributed by atoms with Gasteiger partial charge in [-0.25, -0.2) is 9.97 Å². The van der Waals surface area contributed by atoms with Crippen molar-refractivity contribution in [2.24, 2.45) is 0 Å². The van der Waals surface area contributed by atoms with Crippen LogP contribution in [0.15, 0.2) is 24.5 Å². The molecule has 5 heteroatoms. The quantitative estimate of drug-likeness (QED) is 0.776. The molecule has 1 aliphatic rings. The summed E-state index contributed by atoms with van der Waals surface area (Å²) in [6, 6.07) is 6.04. The third-order valence-corrected chi connectivity index (χ3v) is 3.61. The van der Waals surface area contributed by atoms with E-state index >= 15 is 0 Å². The highest BCUT2D eigenvalue weighted by molar-refractivity contribution is 14.1. The molecular formula is C13H13IN2O2. The van der Waals surface area contributed by atoms with Crippen LogP contribution in [0.1, 0.15) is 19.3 Å². The van der Waals surface area contributed by atoms with E-state index in [1.165, 1.54) is 6.33 Å². The molecule has 18 heavy (non-hydrogen) atoms.